The molecule has 0 spiro atoms. The van der Waals surface area contributed by atoms with Crippen molar-refractivity contribution in [2.45, 2.75) is 6.54 Å². The Balaban J connectivity index is 1.99. The average Bonchev–Trinajstić information content (AvgIpc) is 2.73. The molecule has 84 valence electrons. The minimum Gasteiger partial charge on any atom is -0.497 e. The zero-order valence-electron chi connectivity index (χ0n) is 8.93. The first-order valence-corrected chi connectivity index (χ1v) is 5.64. The summed E-state index contributed by atoms with van der Waals surface area (Å²) in [7, 11) is 1.66. The van der Waals surface area contributed by atoms with E-state index >= 15 is 0 Å². The van der Waals surface area contributed by atoms with E-state index in [1.165, 1.54) is 11.5 Å². The van der Waals surface area contributed by atoms with Gasteiger partial charge in [0.05, 0.1) is 7.11 Å². The number of aromatic nitrogens is 1. The number of hydrogen-bond acceptors (Lipinski definition) is 5. The number of benzene rings is 1. The monoisotopic (exact) mass is 235 g/mol. The van der Waals surface area contributed by atoms with E-state index in [1.54, 1.807) is 7.11 Å². The Morgan fingerprint density at radius 1 is 1.44 bits per heavy atom. The van der Waals surface area contributed by atoms with E-state index in [4.69, 9.17) is 10.5 Å². The quantitative estimate of drug-likeness (QED) is 0.854. The van der Waals surface area contributed by atoms with Gasteiger partial charge in [-0.15, -0.1) is 0 Å². The zero-order chi connectivity index (χ0) is 11.4. The van der Waals surface area contributed by atoms with Crippen molar-refractivity contribution in [2.75, 3.05) is 18.2 Å². The van der Waals surface area contributed by atoms with Crippen LogP contribution < -0.4 is 15.8 Å². The third-order valence-corrected chi connectivity index (χ3v) is 2.89. The Bertz CT molecular complexity index is 470. The Hall–Kier alpha value is -1.75. The smallest absolute Gasteiger partial charge is 0.139 e. The highest BCUT2D eigenvalue weighted by atomic mass is 32.1. The second-order valence-corrected chi connectivity index (χ2v) is 4.13. The molecule has 5 heteroatoms. The normalized spacial score (nSPS) is 10.1. The highest BCUT2D eigenvalue weighted by Gasteiger charge is 1.99. The van der Waals surface area contributed by atoms with Gasteiger partial charge < -0.3 is 15.8 Å². The predicted octanol–water partition coefficient (Wildman–Crippen LogP) is 2.35. The third-order valence-electron chi connectivity index (χ3n) is 2.13. The summed E-state index contributed by atoms with van der Waals surface area (Å²) in [6, 6.07) is 9.76. The second-order valence-electron chi connectivity index (χ2n) is 3.32. The first-order valence-electron chi connectivity index (χ1n) is 4.87. The summed E-state index contributed by atoms with van der Waals surface area (Å²) in [5.41, 5.74) is 6.69. The Labute approximate surface area is 98.2 Å². The first-order chi connectivity index (χ1) is 7.78. The van der Waals surface area contributed by atoms with Crippen LogP contribution in [0.15, 0.2) is 30.3 Å². The van der Waals surface area contributed by atoms with E-state index in [0.29, 0.717) is 5.82 Å². The van der Waals surface area contributed by atoms with Gasteiger partial charge in [-0.2, -0.15) is 4.37 Å². The summed E-state index contributed by atoms with van der Waals surface area (Å²) in [5, 5.41) is 4.23. The van der Waals surface area contributed by atoms with Crippen molar-refractivity contribution >= 4 is 22.4 Å². The summed E-state index contributed by atoms with van der Waals surface area (Å²) < 4.78 is 9.15. The standard InChI is InChI=1S/C11H13N3OS/c1-15-9-4-2-3-8(5-9)7-13-11-6-10(12)14-16-11/h2-6,13H,7H2,1H3,(H2,12,14). The first kappa shape index (κ1) is 10.8. The van der Waals surface area contributed by atoms with Crippen molar-refractivity contribution in [3.8, 4) is 5.75 Å². The number of nitrogens with one attached hydrogen (secondary N) is 1. The lowest BCUT2D eigenvalue weighted by Crippen LogP contribution is -1.97. The molecule has 2 aromatic rings. The lowest BCUT2D eigenvalue weighted by molar-refractivity contribution is 0.414. The Morgan fingerprint density at radius 3 is 3.00 bits per heavy atom. The molecule has 0 aliphatic heterocycles. The van der Waals surface area contributed by atoms with Crippen LogP contribution in [0.25, 0.3) is 0 Å². The van der Waals surface area contributed by atoms with Crippen LogP contribution in [0.4, 0.5) is 10.8 Å². The van der Waals surface area contributed by atoms with Crippen LogP contribution in [-0.2, 0) is 6.54 Å². The summed E-state index contributed by atoms with van der Waals surface area (Å²) in [6.07, 6.45) is 0. The van der Waals surface area contributed by atoms with E-state index in [1.807, 2.05) is 30.3 Å². The van der Waals surface area contributed by atoms with Crippen LogP contribution in [0.1, 0.15) is 5.56 Å². The Morgan fingerprint density at radius 2 is 2.31 bits per heavy atom. The minimum atomic E-state index is 0.554. The van der Waals surface area contributed by atoms with Crippen LogP contribution >= 0.6 is 11.5 Å². The topological polar surface area (TPSA) is 60.2 Å². The average molecular weight is 235 g/mol. The molecule has 0 aliphatic carbocycles. The molecule has 2 rings (SSSR count). The number of ether oxygens (including phenoxy) is 1. The molecule has 0 atom stereocenters. The van der Waals surface area contributed by atoms with E-state index < -0.39 is 0 Å². The summed E-state index contributed by atoms with van der Waals surface area (Å²) >= 11 is 1.36. The number of rotatable bonds is 4. The molecule has 0 aliphatic rings. The van der Waals surface area contributed by atoms with Crippen LogP contribution in [0.5, 0.6) is 5.75 Å². The number of nitrogen functional groups attached to an aromatic ring is 1. The van der Waals surface area contributed by atoms with Crippen LogP contribution in [-0.4, -0.2) is 11.5 Å². The van der Waals surface area contributed by atoms with Crippen molar-refractivity contribution in [1.82, 2.24) is 4.37 Å². The van der Waals surface area contributed by atoms with E-state index in [0.717, 1.165) is 22.9 Å². The number of methoxy groups -OCH3 is 1. The van der Waals surface area contributed by atoms with Crippen LogP contribution in [0, 0.1) is 0 Å². The van der Waals surface area contributed by atoms with E-state index in [-0.39, 0.29) is 0 Å². The van der Waals surface area contributed by atoms with Gasteiger partial charge in [0, 0.05) is 12.6 Å². The van der Waals surface area contributed by atoms with Crippen molar-refractivity contribution in [1.29, 1.82) is 0 Å². The predicted molar refractivity (Wildman–Crippen MR) is 66.8 cm³/mol. The van der Waals surface area contributed by atoms with Gasteiger partial charge in [0.15, 0.2) is 0 Å². The summed E-state index contributed by atoms with van der Waals surface area (Å²) in [6.45, 7) is 0.735. The molecule has 4 nitrogen and oxygen atoms in total. The molecular formula is C11H13N3OS. The molecule has 0 fully saturated rings. The maximum atomic E-state index is 5.53. The molecule has 0 amide bonds. The van der Waals surface area contributed by atoms with Crippen molar-refractivity contribution < 1.29 is 4.74 Å². The van der Waals surface area contributed by atoms with Crippen molar-refractivity contribution in [3.63, 3.8) is 0 Å². The molecule has 1 aromatic carbocycles. The van der Waals surface area contributed by atoms with Crippen LogP contribution in [0.3, 0.4) is 0 Å². The molecule has 0 saturated heterocycles. The fourth-order valence-corrected chi connectivity index (χ4v) is 1.91. The number of nitrogens with zero attached hydrogens (tertiary/aromatic N) is 1. The minimum absolute atomic E-state index is 0.554. The number of hydrogen-bond donors (Lipinski definition) is 2. The lowest BCUT2D eigenvalue weighted by Gasteiger charge is -2.05. The van der Waals surface area contributed by atoms with Gasteiger partial charge in [0.25, 0.3) is 0 Å². The molecule has 1 heterocycles. The van der Waals surface area contributed by atoms with Gasteiger partial charge in [-0.3, -0.25) is 0 Å². The summed E-state index contributed by atoms with van der Waals surface area (Å²) in [4.78, 5) is 0. The zero-order valence-corrected chi connectivity index (χ0v) is 9.75. The Kier molecular flexibility index (Phi) is 3.26. The van der Waals surface area contributed by atoms with Gasteiger partial charge >= 0.3 is 0 Å². The molecular weight excluding hydrogens is 222 g/mol. The molecule has 0 bridgehead atoms. The third kappa shape index (κ3) is 2.64. The van der Waals surface area contributed by atoms with Crippen molar-refractivity contribution in [2.24, 2.45) is 0 Å². The highest BCUT2D eigenvalue weighted by molar-refractivity contribution is 7.10. The molecule has 1 aromatic heterocycles. The van der Waals surface area contributed by atoms with Crippen LogP contribution in [0.2, 0.25) is 0 Å². The highest BCUT2D eigenvalue weighted by Crippen LogP contribution is 2.19. The maximum Gasteiger partial charge on any atom is 0.139 e. The fraction of sp³-hybridized carbons (Fsp3) is 0.182. The second kappa shape index (κ2) is 4.85. The molecule has 0 saturated carbocycles. The van der Waals surface area contributed by atoms with Gasteiger partial charge in [-0.25, -0.2) is 0 Å². The molecule has 0 radical (unpaired) electrons. The number of nitrogens with two attached hydrogens (primary N) is 1. The van der Waals surface area contributed by atoms with Crippen molar-refractivity contribution in [3.05, 3.63) is 35.9 Å². The van der Waals surface area contributed by atoms with E-state index in [9.17, 15) is 0 Å². The van der Waals surface area contributed by atoms with E-state index in [2.05, 4.69) is 9.69 Å². The van der Waals surface area contributed by atoms with Gasteiger partial charge in [0.2, 0.25) is 0 Å². The summed E-state index contributed by atoms with van der Waals surface area (Å²) in [5.74, 6) is 1.42. The fourth-order valence-electron chi connectivity index (χ4n) is 1.34. The molecule has 0 unspecified atom stereocenters. The van der Waals surface area contributed by atoms with Gasteiger partial charge in [0.1, 0.15) is 16.6 Å². The maximum absolute atomic E-state index is 5.53. The van der Waals surface area contributed by atoms with Gasteiger partial charge in [-0.05, 0) is 29.2 Å². The lowest BCUT2D eigenvalue weighted by atomic mass is 10.2. The number of anilines is 2. The molecule has 16 heavy (non-hydrogen) atoms. The SMILES string of the molecule is COc1cccc(CNc2cc(N)ns2)c1. The van der Waals surface area contributed by atoms with Gasteiger partial charge in [-0.1, -0.05) is 12.1 Å². The largest absolute Gasteiger partial charge is 0.497 e. The molecule has 3 N–H and O–H groups in total.